The van der Waals surface area contributed by atoms with Gasteiger partial charge in [0.15, 0.2) is 9.84 Å². The van der Waals surface area contributed by atoms with Crippen LogP contribution in [0.1, 0.15) is 37.7 Å². The summed E-state index contributed by atoms with van der Waals surface area (Å²) < 4.78 is 28.7. The molecule has 1 saturated heterocycles. The predicted octanol–water partition coefficient (Wildman–Crippen LogP) is 2.06. The molecule has 3 rings (SSSR count). The average molecular weight is 351 g/mol. The molecule has 0 radical (unpaired) electrons. The third kappa shape index (κ3) is 3.43. The van der Waals surface area contributed by atoms with Crippen LogP contribution in [0.2, 0.25) is 0 Å². The van der Waals surface area contributed by atoms with Crippen LogP contribution >= 0.6 is 0 Å². The number of ether oxygens (including phenoxy) is 1. The van der Waals surface area contributed by atoms with E-state index in [1.54, 1.807) is 7.11 Å². The first-order chi connectivity index (χ1) is 11.5. The lowest BCUT2D eigenvalue weighted by atomic mass is 9.78. The van der Waals surface area contributed by atoms with E-state index >= 15 is 0 Å². The number of carbonyl (C=O) groups is 1. The van der Waals surface area contributed by atoms with Crippen LogP contribution in [0.15, 0.2) is 24.3 Å². The van der Waals surface area contributed by atoms with Gasteiger partial charge in [-0.1, -0.05) is 31.0 Å². The average Bonchev–Trinajstić information content (AvgIpc) is 3.20. The third-order valence-corrected chi connectivity index (χ3v) is 7.21. The van der Waals surface area contributed by atoms with Crippen molar-refractivity contribution in [3.63, 3.8) is 0 Å². The number of methoxy groups -OCH3 is 1. The van der Waals surface area contributed by atoms with Gasteiger partial charge in [-0.05, 0) is 25.3 Å². The first-order valence-corrected chi connectivity index (χ1v) is 10.4. The van der Waals surface area contributed by atoms with Crippen LogP contribution in [0.3, 0.4) is 0 Å². The zero-order chi connectivity index (χ0) is 17.2. The highest BCUT2D eigenvalue weighted by molar-refractivity contribution is 7.91. The number of sulfone groups is 1. The minimum absolute atomic E-state index is 0.0134. The largest absolute Gasteiger partial charge is 0.496 e. The third-order valence-electron chi connectivity index (χ3n) is 5.44. The Labute approximate surface area is 143 Å². The van der Waals surface area contributed by atoms with Gasteiger partial charge in [0.2, 0.25) is 5.91 Å². The lowest BCUT2D eigenvalue weighted by molar-refractivity contribution is -0.124. The van der Waals surface area contributed by atoms with E-state index in [0.29, 0.717) is 13.0 Å². The first kappa shape index (κ1) is 17.3. The van der Waals surface area contributed by atoms with Gasteiger partial charge in [-0.15, -0.1) is 0 Å². The van der Waals surface area contributed by atoms with Crippen molar-refractivity contribution in [2.75, 3.05) is 25.2 Å². The van der Waals surface area contributed by atoms with Crippen molar-refractivity contribution >= 4 is 15.7 Å². The smallest absolute Gasteiger partial charge is 0.224 e. The zero-order valence-electron chi connectivity index (χ0n) is 14.1. The SMILES string of the molecule is COc1ccccc1C1(CNC(=O)C2CCS(=O)(=O)C2)CCCC1. The Kier molecular flexibility index (Phi) is 4.85. The van der Waals surface area contributed by atoms with Crippen LogP contribution in [-0.2, 0) is 20.0 Å². The lowest BCUT2D eigenvalue weighted by Gasteiger charge is -2.31. The van der Waals surface area contributed by atoms with Gasteiger partial charge >= 0.3 is 0 Å². The molecule has 2 fully saturated rings. The van der Waals surface area contributed by atoms with Crippen molar-refractivity contribution in [2.45, 2.75) is 37.5 Å². The number of rotatable bonds is 5. The van der Waals surface area contributed by atoms with Crippen LogP contribution in [0.4, 0.5) is 0 Å². The summed E-state index contributed by atoms with van der Waals surface area (Å²) in [5, 5.41) is 3.04. The normalized spacial score (nSPS) is 24.6. The van der Waals surface area contributed by atoms with Crippen LogP contribution < -0.4 is 10.1 Å². The number of carbonyl (C=O) groups excluding carboxylic acids is 1. The zero-order valence-corrected chi connectivity index (χ0v) is 14.9. The minimum Gasteiger partial charge on any atom is -0.496 e. The predicted molar refractivity (Wildman–Crippen MR) is 92.9 cm³/mol. The fourth-order valence-corrected chi connectivity index (χ4v) is 5.82. The molecule has 24 heavy (non-hydrogen) atoms. The molecule has 1 heterocycles. The molecule has 1 amide bonds. The van der Waals surface area contributed by atoms with Crippen molar-refractivity contribution in [3.8, 4) is 5.75 Å². The summed E-state index contributed by atoms with van der Waals surface area (Å²) in [5.41, 5.74) is 1.03. The summed E-state index contributed by atoms with van der Waals surface area (Å²) in [6.45, 7) is 0.544. The van der Waals surface area contributed by atoms with Crippen molar-refractivity contribution in [1.82, 2.24) is 5.32 Å². The van der Waals surface area contributed by atoms with Gasteiger partial charge in [0, 0.05) is 17.5 Å². The molecule has 132 valence electrons. The quantitative estimate of drug-likeness (QED) is 0.881. The van der Waals surface area contributed by atoms with Crippen LogP contribution in [-0.4, -0.2) is 39.5 Å². The molecule has 1 saturated carbocycles. The van der Waals surface area contributed by atoms with Gasteiger partial charge in [0.1, 0.15) is 5.75 Å². The molecule has 0 bridgehead atoms. The molecule has 0 aromatic heterocycles. The molecular formula is C18H25NO4S. The highest BCUT2D eigenvalue weighted by Crippen LogP contribution is 2.44. The fraction of sp³-hybridized carbons (Fsp3) is 0.611. The standard InChI is InChI=1S/C18H25NO4S/c1-23-16-7-3-2-6-15(16)18(9-4-5-10-18)13-19-17(20)14-8-11-24(21,22)12-14/h2-3,6-7,14H,4-5,8-13H2,1H3,(H,19,20). The lowest BCUT2D eigenvalue weighted by Crippen LogP contribution is -2.42. The van der Waals surface area contributed by atoms with Gasteiger partial charge in [-0.2, -0.15) is 0 Å². The Morgan fingerprint density at radius 2 is 2.00 bits per heavy atom. The van der Waals surface area contributed by atoms with Crippen molar-refractivity contribution in [3.05, 3.63) is 29.8 Å². The van der Waals surface area contributed by atoms with E-state index in [4.69, 9.17) is 4.74 Å². The number of benzene rings is 1. The second-order valence-electron chi connectivity index (χ2n) is 7.01. The van der Waals surface area contributed by atoms with Crippen LogP contribution in [0.5, 0.6) is 5.75 Å². The number of nitrogens with one attached hydrogen (secondary N) is 1. The molecular weight excluding hydrogens is 326 g/mol. The molecule has 1 atom stereocenters. The first-order valence-electron chi connectivity index (χ1n) is 8.57. The summed E-state index contributed by atoms with van der Waals surface area (Å²) >= 11 is 0. The molecule has 1 N–H and O–H groups in total. The highest BCUT2D eigenvalue weighted by Gasteiger charge is 2.39. The molecule has 1 aliphatic heterocycles. The molecule has 0 spiro atoms. The summed E-state index contributed by atoms with van der Waals surface area (Å²) in [6.07, 6.45) is 4.72. The second-order valence-corrected chi connectivity index (χ2v) is 9.23. The van der Waals surface area contributed by atoms with Crippen molar-refractivity contribution in [2.24, 2.45) is 5.92 Å². The van der Waals surface area contributed by atoms with Gasteiger partial charge < -0.3 is 10.1 Å². The highest BCUT2D eigenvalue weighted by atomic mass is 32.2. The molecule has 1 unspecified atom stereocenters. The molecule has 2 aliphatic rings. The number of para-hydroxylation sites is 1. The molecule has 6 heteroatoms. The van der Waals surface area contributed by atoms with E-state index in [0.717, 1.165) is 37.0 Å². The van der Waals surface area contributed by atoms with Crippen LogP contribution in [0, 0.1) is 5.92 Å². The fourth-order valence-electron chi connectivity index (χ4n) is 4.08. The number of hydrogen-bond donors (Lipinski definition) is 1. The summed E-state index contributed by atoms with van der Waals surface area (Å²) in [4.78, 5) is 12.4. The Bertz CT molecular complexity index is 707. The van der Waals surface area contributed by atoms with E-state index < -0.39 is 15.8 Å². The van der Waals surface area contributed by atoms with E-state index in [2.05, 4.69) is 11.4 Å². The number of amides is 1. The Morgan fingerprint density at radius 3 is 2.62 bits per heavy atom. The summed E-state index contributed by atoms with van der Waals surface area (Å²) in [7, 11) is -1.37. The maximum absolute atomic E-state index is 12.4. The molecule has 1 aromatic carbocycles. The van der Waals surface area contributed by atoms with E-state index in [-0.39, 0.29) is 22.8 Å². The van der Waals surface area contributed by atoms with Gasteiger partial charge in [-0.3, -0.25) is 4.79 Å². The molecule has 1 aromatic rings. The molecule has 1 aliphatic carbocycles. The second kappa shape index (κ2) is 6.75. The van der Waals surface area contributed by atoms with Gasteiger partial charge in [0.05, 0.1) is 24.5 Å². The molecule has 5 nitrogen and oxygen atoms in total. The van der Waals surface area contributed by atoms with Crippen LogP contribution in [0.25, 0.3) is 0 Å². The maximum Gasteiger partial charge on any atom is 0.224 e. The minimum atomic E-state index is -3.04. The Hall–Kier alpha value is -1.56. The monoisotopic (exact) mass is 351 g/mol. The van der Waals surface area contributed by atoms with Crippen molar-refractivity contribution < 1.29 is 17.9 Å². The summed E-state index contributed by atoms with van der Waals surface area (Å²) in [5.74, 6) is 0.448. The van der Waals surface area contributed by atoms with Crippen molar-refractivity contribution in [1.29, 1.82) is 0 Å². The maximum atomic E-state index is 12.4. The Morgan fingerprint density at radius 1 is 1.29 bits per heavy atom. The summed E-state index contributed by atoms with van der Waals surface area (Å²) in [6, 6.07) is 7.99. The van der Waals surface area contributed by atoms with Gasteiger partial charge in [-0.25, -0.2) is 8.42 Å². The Balaban J connectivity index is 1.74. The van der Waals surface area contributed by atoms with E-state index in [9.17, 15) is 13.2 Å². The van der Waals surface area contributed by atoms with E-state index in [1.165, 1.54) is 0 Å². The number of hydrogen-bond acceptors (Lipinski definition) is 4. The topological polar surface area (TPSA) is 72.5 Å². The van der Waals surface area contributed by atoms with E-state index in [1.807, 2.05) is 18.2 Å². The van der Waals surface area contributed by atoms with Gasteiger partial charge in [0.25, 0.3) is 0 Å².